The van der Waals surface area contributed by atoms with Crippen molar-refractivity contribution in [2.24, 2.45) is 0 Å². The quantitative estimate of drug-likeness (QED) is 0.735. The van der Waals surface area contributed by atoms with Gasteiger partial charge in [-0.25, -0.2) is 0 Å². The second-order valence-corrected chi connectivity index (χ2v) is 5.83. The van der Waals surface area contributed by atoms with Gasteiger partial charge in [0.1, 0.15) is 0 Å². The second kappa shape index (κ2) is 5.03. The van der Waals surface area contributed by atoms with Crippen molar-refractivity contribution in [3.63, 3.8) is 0 Å². The highest BCUT2D eigenvalue weighted by Gasteiger charge is 2.36. The minimum absolute atomic E-state index is 0.302. The van der Waals surface area contributed by atoms with E-state index in [1.54, 1.807) is 0 Å². The molecule has 0 bridgehead atoms. The predicted octanol–water partition coefficient (Wildman–Crippen LogP) is 1.63. The van der Waals surface area contributed by atoms with Crippen LogP contribution in [0.2, 0.25) is 0 Å². The van der Waals surface area contributed by atoms with Crippen molar-refractivity contribution in [1.29, 1.82) is 0 Å². The molecule has 0 amide bonds. The van der Waals surface area contributed by atoms with Gasteiger partial charge in [-0.3, -0.25) is 4.90 Å². The maximum atomic E-state index is 5.58. The molecule has 3 heteroatoms. The van der Waals surface area contributed by atoms with Gasteiger partial charge in [-0.05, 0) is 40.0 Å². The van der Waals surface area contributed by atoms with Crippen molar-refractivity contribution in [2.75, 3.05) is 26.3 Å². The fraction of sp³-hybridized carbons (Fsp3) is 1.00. The van der Waals surface area contributed by atoms with E-state index in [2.05, 4.69) is 31.0 Å². The average molecular weight is 226 g/mol. The van der Waals surface area contributed by atoms with Crippen LogP contribution in [-0.4, -0.2) is 48.8 Å². The molecule has 0 aliphatic carbocycles. The summed E-state index contributed by atoms with van der Waals surface area (Å²) in [5.41, 5.74) is 0.302. The van der Waals surface area contributed by atoms with E-state index in [1.165, 1.54) is 32.4 Å². The molecule has 2 rings (SSSR count). The molecule has 0 aromatic heterocycles. The molecule has 16 heavy (non-hydrogen) atoms. The molecule has 94 valence electrons. The van der Waals surface area contributed by atoms with Crippen LogP contribution in [0, 0.1) is 0 Å². The molecule has 0 spiro atoms. The van der Waals surface area contributed by atoms with Crippen molar-refractivity contribution in [2.45, 2.75) is 57.7 Å². The standard InChI is InChI=1S/C13H26N2O/c1-11-4-7-15(8-5-12(2)14-11)13(3)6-9-16-10-13/h11-12,14H,4-10H2,1-3H3. The zero-order chi connectivity index (χ0) is 11.6. The van der Waals surface area contributed by atoms with Crippen molar-refractivity contribution >= 4 is 0 Å². The third-order valence-corrected chi connectivity index (χ3v) is 4.19. The molecule has 0 aromatic carbocycles. The van der Waals surface area contributed by atoms with Crippen LogP contribution in [0.4, 0.5) is 0 Å². The van der Waals surface area contributed by atoms with E-state index >= 15 is 0 Å². The molecule has 2 aliphatic heterocycles. The molecule has 0 aromatic rings. The third-order valence-electron chi connectivity index (χ3n) is 4.19. The summed E-state index contributed by atoms with van der Waals surface area (Å²) in [6.07, 6.45) is 3.70. The molecule has 3 nitrogen and oxygen atoms in total. The van der Waals surface area contributed by atoms with Crippen LogP contribution in [0.15, 0.2) is 0 Å². The first-order valence-corrected chi connectivity index (χ1v) is 6.69. The van der Waals surface area contributed by atoms with Gasteiger partial charge < -0.3 is 10.1 Å². The van der Waals surface area contributed by atoms with E-state index in [1.807, 2.05) is 0 Å². The molecular formula is C13H26N2O. The van der Waals surface area contributed by atoms with Gasteiger partial charge in [0.05, 0.1) is 6.61 Å². The van der Waals surface area contributed by atoms with E-state index < -0.39 is 0 Å². The maximum absolute atomic E-state index is 5.58. The Balaban J connectivity index is 1.97. The van der Waals surface area contributed by atoms with Gasteiger partial charge in [0.25, 0.3) is 0 Å². The van der Waals surface area contributed by atoms with Crippen molar-refractivity contribution in [3.05, 3.63) is 0 Å². The van der Waals surface area contributed by atoms with Gasteiger partial charge in [0, 0.05) is 37.3 Å². The molecule has 3 unspecified atom stereocenters. The van der Waals surface area contributed by atoms with Crippen molar-refractivity contribution in [3.8, 4) is 0 Å². The summed E-state index contributed by atoms with van der Waals surface area (Å²) < 4.78 is 5.58. The summed E-state index contributed by atoms with van der Waals surface area (Å²) >= 11 is 0. The Morgan fingerprint density at radius 2 is 1.81 bits per heavy atom. The highest BCUT2D eigenvalue weighted by molar-refractivity contribution is 4.91. The van der Waals surface area contributed by atoms with E-state index in [9.17, 15) is 0 Å². The van der Waals surface area contributed by atoms with Crippen LogP contribution in [-0.2, 0) is 4.74 Å². The Kier molecular flexibility index (Phi) is 3.88. The Morgan fingerprint density at radius 1 is 1.19 bits per heavy atom. The highest BCUT2D eigenvalue weighted by atomic mass is 16.5. The molecule has 2 heterocycles. The number of nitrogens with zero attached hydrogens (tertiary/aromatic N) is 1. The zero-order valence-electron chi connectivity index (χ0n) is 11.0. The van der Waals surface area contributed by atoms with Crippen molar-refractivity contribution < 1.29 is 4.74 Å². The summed E-state index contributed by atoms with van der Waals surface area (Å²) in [5.74, 6) is 0. The Bertz CT molecular complexity index is 214. The van der Waals surface area contributed by atoms with E-state index in [-0.39, 0.29) is 0 Å². The molecule has 2 aliphatic rings. The van der Waals surface area contributed by atoms with E-state index in [0.29, 0.717) is 17.6 Å². The van der Waals surface area contributed by atoms with E-state index in [4.69, 9.17) is 4.74 Å². The number of ether oxygens (including phenoxy) is 1. The van der Waals surface area contributed by atoms with Crippen LogP contribution >= 0.6 is 0 Å². The molecule has 3 atom stereocenters. The minimum Gasteiger partial charge on any atom is -0.379 e. The molecule has 2 fully saturated rings. The third kappa shape index (κ3) is 2.76. The predicted molar refractivity (Wildman–Crippen MR) is 66.7 cm³/mol. The van der Waals surface area contributed by atoms with Gasteiger partial charge in [0.15, 0.2) is 0 Å². The second-order valence-electron chi connectivity index (χ2n) is 5.83. The molecule has 2 saturated heterocycles. The number of nitrogens with one attached hydrogen (secondary N) is 1. The van der Waals surface area contributed by atoms with Gasteiger partial charge >= 0.3 is 0 Å². The Morgan fingerprint density at radius 3 is 2.31 bits per heavy atom. The van der Waals surface area contributed by atoms with Crippen LogP contribution < -0.4 is 5.32 Å². The van der Waals surface area contributed by atoms with Crippen LogP contribution in [0.5, 0.6) is 0 Å². The molecule has 0 radical (unpaired) electrons. The van der Waals surface area contributed by atoms with Gasteiger partial charge in [-0.15, -0.1) is 0 Å². The van der Waals surface area contributed by atoms with Crippen LogP contribution in [0.25, 0.3) is 0 Å². The van der Waals surface area contributed by atoms with Crippen LogP contribution in [0.1, 0.15) is 40.0 Å². The minimum atomic E-state index is 0.302. The lowest BCUT2D eigenvalue weighted by molar-refractivity contribution is 0.0661. The summed E-state index contributed by atoms with van der Waals surface area (Å²) in [4.78, 5) is 2.66. The molecular weight excluding hydrogens is 200 g/mol. The summed E-state index contributed by atoms with van der Waals surface area (Å²) in [6.45, 7) is 11.2. The number of rotatable bonds is 1. The number of hydrogen-bond donors (Lipinski definition) is 1. The fourth-order valence-corrected chi connectivity index (χ4v) is 2.91. The largest absolute Gasteiger partial charge is 0.379 e. The van der Waals surface area contributed by atoms with E-state index in [0.717, 1.165) is 13.2 Å². The lowest BCUT2D eigenvalue weighted by Gasteiger charge is -2.40. The Labute approximate surface area is 99.5 Å². The first-order chi connectivity index (χ1) is 7.60. The highest BCUT2D eigenvalue weighted by Crippen LogP contribution is 2.27. The monoisotopic (exact) mass is 226 g/mol. The summed E-state index contributed by atoms with van der Waals surface area (Å²) in [5, 5.41) is 3.65. The normalized spacial score (nSPS) is 42.9. The molecule has 0 saturated carbocycles. The Hall–Kier alpha value is -0.120. The zero-order valence-corrected chi connectivity index (χ0v) is 11.0. The van der Waals surface area contributed by atoms with Gasteiger partial charge in [0.2, 0.25) is 0 Å². The SMILES string of the molecule is CC1CCN(C2(C)CCOC2)CCC(C)N1. The van der Waals surface area contributed by atoms with Crippen molar-refractivity contribution in [1.82, 2.24) is 10.2 Å². The smallest absolute Gasteiger partial charge is 0.0648 e. The lowest BCUT2D eigenvalue weighted by atomic mass is 9.96. The topological polar surface area (TPSA) is 24.5 Å². The summed E-state index contributed by atoms with van der Waals surface area (Å²) in [7, 11) is 0. The van der Waals surface area contributed by atoms with Crippen LogP contribution in [0.3, 0.4) is 0 Å². The maximum Gasteiger partial charge on any atom is 0.0648 e. The average Bonchev–Trinajstić information content (AvgIpc) is 2.63. The fourth-order valence-electron chi connectivity index (χ4n) is 2.91. The van der Waals surface area contributed by atoms with Gasteiger partial charge in [-0.2, -0.15) is 0 Å². The summed E-state index contributed by atoms with van der Waals surface area (Å²) in [6, 6.07) is 1.28. The number of hydrogen-bond acceptors (Lipinski definition) is 3. The first-order valence-electron chi connectivity index (χ1n) is 6.69. The molecule has 1 N–H and O–H groups in total. The van der Waals surface area contributed by atoms with Gasteiger partial charge in [-0.1, -0.05) is 0 Å². The first kappa shape index (κ1) is 12.3. The lowest BCUT2D eigenvalue weighted by Crippen LogP contribution is -2.52.